The van der Waals surface area contributed by atoms with E-state index in [1.165, 1.54) is 22.4 Å². The maximum atomic E-state index is 4.55. The number of aromatic nitrogens is 2. The monoisotopic (exact) mass is 228 g/mol. The fraction of sp³-hybridized carbons (Fsp3) is 0.400. The summed E-state index contributed by atoms with van der Waals surface area (Å²) in [5.74, 6) is 1.08. The van der Waals surface area contributed by atoms with Crippen molar-refractivity contribution < 1.29 is 0 Å². The summed E-state index contributed by atoms with van der Waals surface area (Å²) >= 11 is 0. The van der Waals surface area contributed by atoms with Crippen LogP contribution in [0.5, 0.6) is 0 Å². The summed E-state index contributed by atoms with van der Waals surface area (Å²) in [4.78, 5) is 4.55. The zero-order chi connectivity index (χ0) is 12.4. The van der Waals surface area contributed by atoms with Crippen molar-refractivity contribution in [1.82, 2.24) is 9.55 Å². The van der Waals surface area contributed by atoms with Gasteiger partial charge in [0, 0.05) is 13.2 Å². The fourth-order valence-electron chi connectivity index (χ4n) is 2.25. The molecule has 0 aliphatic heterocycles. The van der Waals surface area contributed by atoms with Gasteiger partial charge in [-0.15, -0.1) is 0 Å². The summed E-state index contributed by atoms with van der Waals surface area (Å²) in [6, 6.07) is 6.50. The SMILES string of the molecule is Cc1cccc(C)c1CCc1cn(C)c(C)n1. The lowest BCUT2D eigenvalue weighted by Crippen LogP contribution is -1.97. The van der Waals surface area contributed by atoms with E-state index in [0.717, 1.165) is 18.7 Å². The molecule has 0 N–H and O–H groups in total. The van der Waals surface area contributed by atoms with Crippen LogP contribution in [-0.4, -0.2) is 9.55 Å². The molecule has 0 bridgehead atoms. The van der Waals surface area contributed by atoms with Gasteiger partial charge in [-0.2, -0.15) is 0 Å². The van der Waals surface area contributed by atoms with Crippen molar-refractivity contribution in [3.63, 3.8) is 0 Å². The molecule has 0 aliphatic rings. The second kappa shape index (κ2) is 4.74. The van der Waals surface area contributed by atoms with Gasteiger partial charge >= 0.3 is 0 Å². The maximum Gasteiger partial charge on any atom is 0.105 e. The molecule has 90 valence electrons. The zero-order valence-electron chi connectivity index (χ0n) is 11.1. The van der Waals surface area contributed by atoms with E-state index in [2.05, 4.69) is 47.8 Å². The molecule has 0 fully saturated rings. The lowest BCUT2D eigenvalue weighted by atomic mass is 9.98. The molecule has 0 saturated heterocycles. The Hall–Kier alpha value is -1.57. The molecule has 1 aromatic heterocycles. The summed E-state index contributed by atoms with van der Waals surface area (Å²) in [5, 5.41) is 0. The van der Waals surface area contributed by atoms with Crippen LogP contribution >= 0.6 is 0 Å². The highest BCUT2D eigenvalue weighted by Crippen LogP contribution is 2.16. The van der Waals surface area contributed by atoms with Gasteiger partial charge in [-0.05, 0) is 50.3 Å². The summed E-state index contributed by atoms with van der Waals surface area (Å²) in [6.45, 7) is 6.42. The van der Waals surface area contributed by atoms with Crippen molar-refractivity contribution in [2.45, 2.75) is 33.6 Å². The first-order valence-electron chi connectivity index (χ1n) is 6.12. The first-order chi connectivity index (χ1) is 8.08. The van der Waals surface area contributed by atoms with Crippen LogP contribution in [0.25, 0.3) is 0 Å². The topological polar surface area (TPSA) is 17.8 Å². The zero-order valence-corrected chi connectivity index (χ0v) is 11.1. The van der Waals surface area contributed by atoms with Crippen LogP contribution in [0, 0.1) is 20.8 Å². The van der Waals surface area contributed by atoms with Crippen molar-refractivity contribution in [3.8, 4) is 0 Å². The third-order valence-electron chi connectivity index (χ3n) is 3.43. The average molecular weight is 228 g/mol. The highest BCUT2D eigenvalue weighted by molar-refractivity contribution is 5.34. The van der Waals surface area contributed by atoms with Crippen molar-refractivity contribution in [1.29, 1.82) is 0 Å². The number of hydrogen-bond donors (Lipinski definition) is 0. The Morgan fingerprint density at radius 2 is 1.71 bits per heavy atom. The van der Waals surface area contributed by atoms with Crippen LogP contribution in [0.15, 0.2) is 24.4 Å². The molecule has 2 rings (SSSR count). The van der Waals surface area contributed by atoms with Crippen LogP contribution in [0.2, 0.25) is 0 Å². The molecule has 0 radical (unpaired) electrons. The highest BCUT2D eigenvalue weighted by Gasteiger charge is 2.05. The minimum atomic E-state index is 1.02. The van der Waals surface area contributed by atoms with Crippen molar-refractivity contribution in [2.75, 3.05) is 0 Å². The standard InChI is InChI=1S/C15H20N2/c1-11-6-5-7-12(2)15(11)9-8-14-10-17(4)13(3)16-14/h5-7,10H,8-9H2,1-4H3. The predicted octanol–water partition coefficient (Wildman–Crippen LogP) is 3.13. The molecule has 17 heavy (non-hydrogen) atoms. The first-order valence-corrected chi connectivity index (χ1v) is 6.12. The van der Waals surface area contributed by atoms with E-state index in [4.69, 9.17) is 0 Å². The Labute approximate surface area is 103 Å². The number of rotatable bonds is 3. The van der Waals surface area contributed by atoms with Gasteiger partial charge < -0.3 is 4.57 Å². The van der Waals surface area contributed by atoms with Crippen molar-refractivity contribution in [3.05, 3.63) is 52.6 Å². The number of nitrogens with zero attached hydrogens (tertiary/aromatic N) is 2. The first kappa shape index (κ1) is 11.9. The summed E-state index contributed by atoms with van der Waals surface area (Å²) in [7, 11) is 2.05. The van der Waals surface area contributed by atoms with E-state index in [1.54, 1.807) is 0 Å². The molecule has 0 amide bonds. The van der Waals surface area contributed by atoms with Crippen molar-refractivity contribution >= 4 is 0 Å². The molecule has 2 heteroatoms. The quantitative estimate of drug-likeness (QED) is 0.789. The van der Waals surface area contributed by atoms with Crippen LogP contribution in [0.4, 0.5) is 0 Å². The maximum absolute atomic E-state index is 4.55. The van der Waals surface area contributed by atoms with Gasteiger partial charge in [0.25, 0.3) is 0 Å². The molecule has 0 saturated carbocycles. The van der Waals surface area contributed by atoms with Crippen LogP contribution < -0.4 is 0 Å². The van der Waals surface area contributed by atoms with Crippen LogP contribution in [0.3, 0.4) is 0 Å². The van der Waals surface area contributed by atoms with Gasteiger partial charge in [0.05, 0.1) is 5.69 Å². The summed E-state index contributed by atoms with van der Waals surface area (Å²) in [5.41, 5.74) is 5.43. The molecule has 0 aliphatic carbocycles. The predicted molar refractivity (Wildman–Crippen MR) is 71.3 cm³/mol. The summed E-state index contributed by atoms with van der Waals surface area (Å²) in [6.07, 6.45) is 4.23. The van der Waals surface area contributed by atoms with Gasteiger partial charge in [0.15, 0.2) is 0 Å². The Balaban J connectivity index is 2.12. The van der Waals surface area contributed by atoms with Crippen LogP contribution in [-0.2, 0) is 19.9 Å². The minimum Gasteiger partial charge on any atom is -0.338 e. The largest absolute Gasteiger partial charge is 0.338 e. The van der Waals surface area contributed by atoms with E-state index in [9.17, 15) is 0 Å². The van der Waals surface area contributed by atoms with Gasteiger partial charge in [0.2, 0.25) is 0 Å². The lowest BCUT2D eigenvalue weighted by molar-refractivity contribution is 0.858. The third-order valence-corrected chi connectivity index (χ3v) is 3.43. The molecule has 0 unspecified atom stereocenters. The van der Waals surface area contributed by atoms with Gasteiger partial charge in [0.1, 0.15) is 5.82 Å². The number of benzene rings is 1. The Morgan fingerprint density at radius 3 is 2.24 bits per heavy atom. The Kier molecular flexibility index (Phi) is 3.32. The highest BCUT2D eigenvalue weighted by atomic mass is 15.0. The average Bonchev–Trinajstić information content (AvgIpc) is 2.58. The smallest absolute Gasteiger partial charge is 0.105 e. The molecule has 0 spiro atoms. The molecular formula is C15H20N2. The molecule has 1 heterocycles. The number of aryl methyl sites for hydroxylation is 5. The Morgan fingerprint density at radius 1 is 1.06 bits per heavy atom. The molecule has 2 nitrogen and oxygen atoms in total. The molecule has 1 aromatic carbocycles. The second-order valence-electron chi connectivity index (χ2n) is 4.76. The molecular weight excluding hydrogens is 208 g/mol. The van der Waals surface area contributed by atoms with E-state index < -0.39 is 0 Å². The van der Waals surface area contributed by atoms with Gasteiger partial charge in [-0.1, -0.05) is 18.2 Å². The number of hydrogen-bond acceptors (Lipinski definition) is 1. The van der Waals surface area contributed by atoms with E-state index in [0.29, 0.717) is 0 Å². The third kappa shape index (κ3) is 2.57. The van der Waals surface area contributed by atoms with Gasteiger partial charge in [-0.3, -0.25) is 0 Å². The lowest BCUT2D eigenvalue weighted by Gasteiger charge is -2.08. The van der Waals surface area contributed by atoms with E-state index in [-0.39, 0.29) is 0 Å². The Bertz CT molecular complexity index is 484. The summed E-state index contributed by atoms with van der Waals surface area (Å²) < 4.78 is 2.08. The normalized spacial score (nSPS) is 10.8. The van der Waals surface area contributed by atoms with Gasteiger partial charge in [-0.25, -0.2) is 4.98 Å². The second-order valence-corrected chi connectivity index (χ2v) is 4.76. The van der Waals surface area contributed by atoms with Crippen molar-refractivity contribution in [2.24, 2.45) is 7.05 Å². The molecule has 2 aromatic rings. The molecule has 0 atom stereocenters. The minimum absolute atomic E-state index is 1.02. The fourth-order valence-corrected chi connectivity index (χ4v) is 2.25. The van der Waals surface area contributed by atoms with E-state index >= 15 is 0 Å². The van der Waals surface area contributed by atoms with E-state index in [1.807, 2.05) is 14.0 Å². The number of imidazole rings is 1. The van der Waals surface area contributed by atoms with Crippen LogP contribution in [0.1, 0.15) is 28.2 Å².